The van der Waals surface area contributed by atoms with Crippen molar-refractivity contribution in [3.05, 3.63) is 16.7 Å². The fraction of sp³-hybridized carbons (Fsp3) is 0.500. The summed E-state index contributed by atoms with van der Waals surface area (Å²) in [7, 11) is -2.91. The van der Waals surface area contributed by atoms with Crippen LogP contribution in [0.2, 0.25) is 0 Å². The van der Waals surface area contributed by atoms with Crippen molar-refractivity contribution in [1.29, 1.82) is 0 Å². The van der Waals surface area contributed by atoms with Gasteiger partial charge in [-0.15, -0.1) is 0 Å². The first-order valence-corrected chi connectivity index (χ1v) is 7.96. The first kappa shape index (κ1) is 12.6. The number of hydrogen-bond donors (Lipinski definition) is 2. The van der Waals surface area contributed by atoms with Crippen LogP contribution in [-0.2, 0) is 9.84 Å². The Morgan fingerprint density at radius 3 is 2.94 bits per heavy atom. The third kappa shape index (κ3) is 3.32. The van der Waals surface area contributed by atoms with Gasteiger partial charge in [0, 0.05) is 16.7 Å². The fourth-order valence-corrected chi connectivity index (χ4v) is 3.89. The summed E-state index contributed by atoms with van der Waals surface area (Å²) in [5.41, 5.74) is 6.32. The van der Waals surface area contributed by atoms with Crippen LogP contribution in [0.25, 0.3) is 0 Å². The summed E-state index contributed by atoms with van der Waals surface area (Å²) >= 11 is 3.27. The van der Waals surface area contributed by atoms with Crippen LogP contribution in [0.5, 0.6) is 0 Å². The van der Waals surface area contributed by atoms with Gasteiger partial charge in [0.05, 0.1) is 17.2 Å². The molecule has 0 saturated carbocycles. The molecule has 0 radical (unpaired) electrons. The number of nitrogen functional groups attached to an aromatic ring is 1. The fourth-order valence-electron chi connectivity index (χ4n) is 1.91. The van der Waals surface area contributed by atoms with Gasteiger partial charge in [-0.2, -0.15) is 0 Å². The van der Waals surface area contributed by atoms with Gasteiger partial charge in [-0.05, 0) is 34.8 Å². The van der Waals surface area contributed by atoms with Crippen LogP contribution >= 0.6 is 15.9 Å². The number of rotatable bonds is 2. The molecule has 2 heterocycles. The van der Waals surface area contributed by atoms with Crippen molar-refractivity contribution in [3.8, 4) is 0 Å². The quantitative estimate of drug-likeness (QED) is 0.861. The predicted molar refractivity (Wildman–Crippen MR) is 71.6 cm³/mol. The molecule has 0 spiro atoms. The number of sulfone groups is 1. The summed E-state index contributed by atoms with van der Waals surface area (Å²) < 4.78 is 23.8. The Bertz CT molecular complexity index is 518. The molecule has 0 amide bonds. The third-order valence-corrected chi connectivity index (χ3v) is 4.94. The summed E-state index contributed by atoms with van der Waals surface area (Å²) in [5.74, 6) is 0.994. The van der Waals surface area contributed by atoms with Gasteiger partial charge in [0.1, 0.15) is 5.82 Å². The molecule has 1 saturated heterocycles. The molecule has 2 rings (SSSR count). The molecule has 3 N–H and O–H groups in total. The molecular formula is C10H14BrN3O2S. The second kappa shape index (κ2) is 4.81. The van der Waals surface area contributed by atoms with Crippen molar-refractivity contribution in [3.63, 3.8) is 0 Å². The van der Waals surface area contributed by atoms with Gasteiger partial charge in [0.2, 0.25) is 0 Å². The molecule has 1 unspecified atom stereocenters. The molecule has 7 heteroatoms. The zero-order valence-corrected chi connectivity index (χ0v) is 11.6. The lowest BCUT2D eigenvalue weighted by Gasteiger charge is -2.24. The SMILES string of the molecule is Nc1cc(Br)cnc1NC1CCCS(=O)(=O)C1. The van der Waals surface area contributed by atoms with Gasteiger partial charge in [-0.3, -0.25) is 0 Å². The van der Waals surface area contributed by atoms with Crippen molar-refractivity contribution in [1.82, 2.24) is 4.98 Å². The molecule has 1 atom stereocenters. The van der Waals surface area contributed by atoms with Crippen LogP contribution in [0.15, 0.2) is 16.7 Å². The average Bonchev–Trinajstić information content (AvgIpc) is 2.21. The van der Waals surface area contributed by atoms with E-state index in [1.807, 2.05) is 0 Å². The molecule has 5 nitrogen and oxygen atoms in total. The molecular weight excluding hydrogens is 306 g/mol. The molecule has 94 valence electrons. The Hall–Kier alpha value is -0.820. The topological polar surface area (TPSA) is 85.1 Å². The average molecular weight is 320 g/mol. The molecule has 0 bridgehead atoms. The van der Waals surface area contributed by atoms with E-state index in [4.69, 9.17) is 5.73 Å². The van der Waals surface area contributed by atoms with Gasteiger partial charge in [-0.25, -0.2) is 13.4 Å². The molecule has 1 aromatic heterocycles. The monoisotopic (exact) mass is 319 g/mol. The maximum atomic E-state index is 11.5. The van der Waals surface area contributed by atoms with E-state index in [0.717, 1.165) is 10.9 Å². The van der Waals surface area contributed by atoms with E-state index in [0.29, 0.717) is 17.9 Å². The first-order chi connectivity index (χ1) is 7.96. The highest BCUT2D eigenvalue weighted by Crippen LogP contribution is 2.23. The lowest BCUT2D eigenvalue weighted by Crippen LogP contribution is -2.35. The number of nitrogens with zero attached hydrogens (tertiary/aromatic N) is 1. The molecule has 1 aliphatic rings. The van der Waals surface area contributed by atoms with E-state index >= 15 is 0 Å². The van der Waals surface area contributed by atoms with E-state index < -0.39 is 9.84 Å². The zero-order valence-electron chi connectivity index (χ0n) is 9.19. The molecule has 17 heavy (non-hydrogen) atoms. The highest BCUT2D eigenvalue weighted by atomic mass is 79.9. The van der Waals surface area contributed by atoms with Crippen molar-refractivity contribution >= 4 is 37.3 Å². The molecule has 0 aliphatic carbocycles. The van der Waals surface area contributed by atoms with Gasteiger partial charge >= 0.3 is 0 Å². The third-order valence-electron chi connectivity index (χ3n) is 2.69. The number of nitrogens with one attached hydrogen (secondary N) is 1. The first-order valence-electron chi connectivity index (χ1n) is 5.34. The van der Waals surface area contributed by atoms with Gasteiger partial charge in [0.25, 0.3) is 0 Å². The van der Waals surface area contributed by atoms with Crippen molar-refractivity contribution in [2.24, 2.45) is 0 Å². The summed E-state index contributed by atoms with van der Waals surface area (Å²) in [6.07, 6.45) is 3.16. The van der Waals surface area contributed by atoms with Crippen LogP contribution in [0.3, 0.4) is 0 Å². The number of pyridine rings is 1. The largest absolute Gasteiger partial charge is 0.396 e. The molecule has 0 aromatic carbocycles. The van der Waals surface area contributed by atoms with Crippen LogP contribution in [0.1, 0.15) is 12.8 Å². The van der Waals surface area contributed by atoms with Crippen molar-refractivity contribution < 1.29 is 8.42 Å². The Morgan fingerprint density at radius 2 is 2.29 bits per heavy atom. The van der Waals surface area contributed by atoms with E-state index in [-0.39, 0.29) is 17.5 Å². The number of nitrogens with two attached hydrogens (primary N) is 1. The van der Waals surface area contributed by atoms with E-state index in [1.165, 1.54) is 0 Å². The minimum absolute atomic E-state index is 0.0928. The van der Waals surface area contributed by atoms with Crippen molar-refractivity contribution in [2.45, 2.75) is 18.9 Å². The second-order valence-electron chi connectivity index (χ2n) is 4.19. The zero-order chi connectivity index (χ0) is 12.5. The van der Waals surface area contributed by atoms with Gasteiger partial charge in [-0.1, -0.05) is 0 Å². The number of anilines is 2. The Morgan fingerprint density at radius 1 is 1.53 bits per heavy atom. The highest BCUT2D eigenvalue weighted by molar-refractivity contribution is 9.10. The van der Waals surface area contributed by atoms with Crippen molar-refractivity contribution in [2.75, 3.05) is 22.6 Å². The summed E-state index contributed by atoms with van der Waals surface area (Å²) in [5, 5.41) is 3.10. The highest BCUT2D eigenvalue weighted by Gasteiger charge is 2.25. The molecule has 1 fully saturated rings. The lowest BCUT2D eigenvalue weighted by molar-refractivity contribution is 0.561. The number of hydrogen-bond acceptors (Lipinski definition) is 5. The minimum atomic E-state index is -2.91. The van der Waals surface area contributed by atoms with Gasteiger partial charge < -0.3 is 11.1 Å². The van der Waals surface area contributed by atoms with E-state index in [1.54, 1.807) is 12.3 Å². The van der Waals surface area contributed by atoms with Crippen LogP contribution in [0, 0.1) is 0 Å². The minimum Gasteiger partial charge on any atom is -0.396 e. The molecule has 1 aliphatic heterocycles. The second-order valence-corrected chi connectivity index (χ2v) is 7.33. The maximum Gasteiger partial charge on any atom is 0.152 e. The summed E-state index contributed by atoms with van der Waals surface area (Å²) in [6.45, 7) is 0. The maximum absolute atomic E-state index is 11.5. The lowest BCUT2D eigenvalue weighted by atomic mass is 10.2. The number of halogens is 1. The number of aromatic nitrogens is 1. The summed E-state index contributed by atoms with van der Waals surface area (Å²) in [4.78, 5) is 4.14. The van der Waals surface area contributed by atoms with E-state index in [2.05, 4.69) is 26.2 Å². The normalized spacial score (nSPS) is 23.2. The van der Waals surface area contributed by atoms with Crippen LogP contribution in [-0.4, -0.2) is 30.9 Å². The molecule has 1 aromatic rings. The predicted octanol–water partition coefficient (Wildman–Crippen LogP) is 1.42. The summed E-state index contributed by atoms with van der Waals surface area (Å²) in [6, 6.07) is 1.65. The Balaban J connectivity index is 2.10. The standard InChI is InChI=1S/C10H14BrN3O2S/c11-7-4-9(12)10(13-5-7)14-8-2-1-3-17(15,16)6-8/h4-5,8H,1-3,6,12H2,(H,13,14). The van der Waals surface area contributed by atoms with Crippen LogP contribution in [0.4, 0.5) is 11.5 Å². The van der Waals surface area contributed by atoms with Gasteiger partial charge in [0.15, 0.2) is 9.84 Å². The van der Waals surface area contributed by atoms with Crippen LogP contribution < -0.4 is 11.1 Å². The van der Waals surface area contributed by atoms with E-state index in [9.17, 15) is 8.42 Å². The smallest absolute Gasteiger partial charge is 0.152 e. The Labute approximate surface area is 109 Å². The Kier molecular flexibility index (Phi) is 3.58.